The molecule has 0 unspecified atom stereocenters. The molecule has 1 aromatic heterocycles. The molecular formula is C17H24N4O2. The third kappa shape index (κ3) is 4.74. The number of carbonyl (C=O) groups excluding carboxylic acids is 1. The SMILES string of the molecule is COc1ccc(C)cc1CCNC(=O)N(C)Cc1cnn(C)c1. The summed E-state index contributed by atoms with van der Waals surface area (Å²) < 4.78 is 7.08. The molecule has 0 saturated heterocycles. The minimum atomic E-state index is -0.0968. The van der Waals surface area contributed by atoms with Gasteiger partial charge in [-0.25, -0.2) is 4.79 Å². The van der Waals surface area contributed by atoms with E-state index in [-0.39, 0.29) is 6.03 Å². The lowest BCUT2D eigenvalue weighted by Crippen LogP contribution is -2.37. The van der Waals surface area contributed by atoms with E-state index in [4.69, 9.17) is 4.74 Å². The van der Waals surface area contributed by atoms with Crippen LogP contribution in [0.15, 0.2) is 30.6 Å². The van der Waals surface area contributed by atoms with Gasteiger partial charge in [-0.15, -0.1) is 0 Å². The molecule has 6 heteroatoms. The van der Waals surface area contributed by atoms with Crippen LogP contribution in [-0.4, -0.2) is 41.4 Å². The molecule has 0 radical (unpaired) electrons. The van der Waals surface area contributed by atoms with E-state index in [0.29, 0.717) is 13.1 Å². The number of nitrogens with one attached hydrogen (secondary N) is 1. The smallest absolute Gasteiger partial charge is 0.317 e. The number of aryl methyl sites for hydroxylation is 2. The number of ether oxygens (including phenoxy) is 1. The second kappa shape index (κ2) is 7.67. The molecule has 0 aliphatic heterocycles. The molecule has 0 spiro atoms. The first-order chi connectivity index (χ1) is 11.0. The van der Waals surface area contributed by atoms with Crippen LogP contribution in [0.25, 0.3) is 0 Å². The molecule has 124 valence electrons. The molecule has 2 rings (SSSR count). The highest BCUT2D eigenvalue weighted by atomic mass is 16.5. The van der Waals surface area contributed by atoms with Crippen molar-refractivity contribution in [2.45, 2.75) is 19.9 Å². The molecule has 0 aliphatic rings. The summed E-state index contributed by atoms with van der Waals surface area (Å²) in [7, 11) is 5.29. The fourth-order valence-electron chi connectivity index (χ4n) is 2.44. The number of hydrogen-bond donors (Lipinski definition) is 1. The molecular weight excluding hydrogens is 292 g/mol. The van der Waals surface area contributed by atoms with Crippen LogP contribution in [0.2, 0.25) is 0 Å². The molecule has 0 bridgehead atoms. The van der Waals surface area contributed by atoms with Gasteiger partial charge in [0.25, 0.3) is 0 Å². The van der Waals surface area contributed by atoms with E-state index in [0.717, 1.165) is 23.3 Å². The van der Waals surface area contributed by atoms with Gasteiger partial charge in [-0.2, -0.15) is 5.10 Å². The lowest BCUT2D eigenvalue weighted by Gasteiger charge is -2.17. The fraction of sp³-hybridized carbons (Fsp3) is 0.412. The van der Waals surface area contributed by atoms with Crippen molar-refractivity contribution < 1.29 is 9.53 Å². The van der Waals surface area contributed by atoms with Crippen LogP contribution in [-0.2, 0) is 20.0 Å². The summed E-state index contributed by atoms with van der Waals surface area (Å²) in [5, 5.41) is 7.04. The maximum atomic E-state index is 12.1. The number of aromatic nitrogens is 2. The Balaban J connectivity index is 1.83. The Hall–Kier alpha value is -2.50. The van der Waals surface area contributed by atoms with E-state index >= 15 is 0 Å². The molecule has 2 aromatic rings. The average Bonchev–Trinajstić information content (AvgIpc) is 2.92. The number of nitrogens with zero attached hydrogens (tertiary/aromatic N) is 3. The van der Waals surface area contributed by atoms with Crippen LogP contribution >= 0.6 is 0 Å². The number of rotatable bonds is 6. The standard InChI is InChI=1S/C17H24N4O2/c1-13-5-6-16(23-4)15(9-13)7-8-18-17(22)20(2)11-14-10-19-21(3)12-14/h5-6,9-10,12H,7-8,11H2,1-4H3,(H,18,22). The van der Waals surface area contributed by atoms with Crippen LogP contribution in [0.4, 0.5) is 4.79 Å². The Morgan fingerprint density at radius 1 is 1.43 bits per heavy atom. The first kappa shape index (κ1) is 16.9. The summed E-state index contributed by atoms with van der Waals surface area (Å²) in [5.41, 5.74) is 3.29. The van der Waals surface area contributed by atoms with E-state index in [1.807, 2.05) is 32.3 Å². The highest BCUT2D eigenvalue weighted by Gasteiger charge is 2.10. The Kier molecular flexibility index (Phi) is 5.62. The van der Waals surface area contributed by atoms with Crippen molar-refractivity contribution in [3.63, 3.8) is 0 Å². The van der Waals surface area contributed by atoms with Crippen LogP contribution in [0.1, 0.15) is 16.7 Å². The molecule has 0 saturated carbocycles. The number of urea groups is 1. The van der Waals surface area contributed by atoms with Gasteiger partial charge in [-0.05, 0) is 25.0 Å². The van der Waals surface area contributed by atoms with Crippen LogP contribution in [0.3, 0.4) is 0 Å². The summed E-state index contributed by atoms with van der Waals surface area (Å²) in [4.78, 5) is 13.8. The predicted octanol–water partition coefficient (Wildman–Crippen LogP) is 2.12. The monoisotopic (exact) mass is 316 g/mol. The minimum Gasteiger partial charge on any atom is -0.496 e. The number of methoxy groups -OCH3 is 1. The molecule has 0 aliphatic carbocycles. The summed E-state index contributed by atoms with van der Waals surface area (Å²) in [6, 6.07) is 5.97. The van der Waals surface area contributed by atoms with Crippen LogP contribution in [0, 0.1) is 6.92 Å². The van der Waals surface area contributed by atoms with Crippen molar-refractivity contribution >= 4 is 6.03 Å². The normalized spacial score (nSPS) is 10.4. The number of amides is 2. The van der Waals surface area contributed by atoms with Crippen molar-refractivity contribution in [1.82, 2.24) is 20.0 Å². The molecule has 2 amide bonds. The number of hydrogen-bond acceptors (Lipinski definition) is 3. The van der Waals surface area contributed by atoms with Crippen LogP contribution < -0.4 is 10.1 Å². The van der Waals surface area contributed by atoms with Gasteiger partial charge in [0.05, 0.1) is 19.9 Å². The third-order valence-electron chi connectivity index (χ3n) is 3.63. The van der Waals surface area contributed by atoms with E-state index in [9.17, 15) is 4.79 Å². The summed E-state index contributed by atoms with van der Waals surface area (Å²) in [5.74, 6) is 0.855. The molecule has 1 N–H and O–H groups in total. The van der Waals surface area contributed by atoms with Gasteiger partial charge in [0.2, 0.25) is 0 Å². The van der Waals surface area contributed by atoms with Gasteiger partial charge in [0.1, 0.15) is 5.75 Å². The molecule has 0 fully saturated rings. The quantitative estimate of drug-likeness (QED) is 0.888. The Morgan fingerprint density at radius 2 is 2.22 bits per heavy atom. The second-order valence-corrected chi connectivity index (χ2v) is 5.68. The largest absolute Gasteiger partial charge is 0.496 e. The molecule has 1 heterocycles. The lowest BCUT2D eigenvalue weighted by molar-refractivity contribution is 0.207. The van der Waals surface area contributed by atoms with Crippen LogP contribution in [0.5, 0.6) is 5.75 Å². The van der Waals surface area contributed by atoms with Crippen molar-refractivity contribution in [3.05, 3.63) is 47.3 Å². The molecule has 23 heavy (non-hydrogen) atoms. The van der Waals surface area contributed by atoms with Crippen molar-refractivity contribution in [2.75, 3.05) is 20.7 Å². The summed E-state index contributed by atoms with van der Waals surface area (Å²) >= 11 is 0. The van der Waals surface area contributed by atoms with Gasteiger partial charge in [0, 0.05) is 32.4 Å². The predicted molar refractivity (Wildman–Crippen MR) is 89.5 cm³/mol. The topological polar surface area (TPSA) is 59.4 Å². The summed E-state index contributed by atoms with van der Waals surface area (Å²) in [6.45, 7) is 3.15. The first-order valence-electron chi connectivity index (χ1n) is 7.59. The van der Waals surface area contributed by atoms with E-state index < -0.39 is 0 Å². The second-order valence-electron chi connectivity index (χ2n) is 5.68. The van der Waals surface area contributed by atoms with Gasteiger partial charge >= 0.3 is 6.03 Å². The van der Waals surface area contributed by atoms with Crippen molar-refractivity contribution in [2.24, 2.45) is 7.05 Å². The minimum absolute atomic E-state index is 0.0968. The molecule has 6 nitrogen and oxygen atoms in total. The maximum absolute atomic E-state index is 12.1. The third-order valence-corrected chi connectivity index (χ3v) is 3.63. The molecule has 1 aromatic carbocycles. The first-order valence-corrected chi connectivity index (χ1v) is 7.59. The zero-order valence-electron chi connectivity index (χ0n) is 14.2. The van der Waals surface area contributed by atoms with E-state index in [1.54, 1.807) is 29.9 Å². The average molecular weight is 316 g/mol. The van der Waals surface area contributed by atoms with Gasteiger partial charge in [-0.1, -0.05) is 17.7 Å². The number of carbonyl (C=O) groups is 1. The van der Waals surface area contributed by atoms with Crippen molar-refractivity contribution in [3.8, 4) is 5.75 Å². The highest BCUT2D eigenvalue weighted by molar-refractivity contribution is 5.73. The van der Waals surface area contributed by atoms with E-state index in [2.05, 4.69) is 16.5 Å². The van der Waals surface area contributed by atoms with Crippen molar-refractivity contribution in [1.29, 1.82) is 0 Å². The lowest BCUT2D eigenvalue weighted by atomic mass is 10.1. The van der Waals surface area contributed by atoms with Gasteiger partial charge in [-0.3, -0.25) is 4.68 Å². The Labute approximate surface area is 137 Å². The summed E-state index contributed by atoms with van der Waals surface area (Å²) in [6.07, 6.45) is 4.40. The maximum Gasteiger partial charge on any atom is 0.317 e. The van der Waals surface area contributed by atoms with E-state index in [1.165, 1.54) is 5.56 Å². The fourth-order valence-corrected chi connectivity index (χ4v) is 2.44. The Bertz CT molecular complexity index is 666. The highest BCUT2D eigenvalue weighted by Crippen LogP contribution is 2.19. The Morgan fingerprint density at radius 3 is 2.87 bits per heavy atom. The zero-order valence-corrected chi connectivity index (χ0v) is 14.2. The zero-order chi connectivity index (χ0) is 16.8. The van der Waals surface area contributed by atoms with Gasteiger partial charge < -0.3 is 15.0 Å². The van der Waals surface area contributed by atoms with Gasteiger partial charge in [0.15, 0.2) is 0 Å². The number of benzene rings is 1. The molecule has 0 atom stereocenters.